The summed E-state index contributed by atoms with van der Waals surface area (Å²) in [5.74, 6) is 0.748. The number of imidazole rings is 1. The van der Waals surface area contributed by atoms with Crippen LogP contribution in [0.3, 0.4) is 0 Å². The molecule has 2 aromatic heterocycles. The number of nitrogens with zero attached hydrogens (tertiary/aromatic N) is 4. The monoisotopic (exact) mass is 403 g/mol. The molecule has 2 aliphatic rings. The molecule has 146 valence electrons. The molecule has 0 spiro atoms. The van der Waals surface area contributed by atoms with Gasteiger partial charge in [0.15, 0.2) is 11.5 Å². The van der Waals surface area contributed by atoms with Gasteiger partial charge in [0.25, 0.3) is 0 Å². The van der Waals surface area contributed by atoms with E-state index in [4.69, 9.17) is 24.0 Å². The molecule has 5 rings (SSSR count). The molecule has 10 nitrogen and oxygen atoms in total. The molecule has 0 aliphatic carbocycles. The number of phosphoric acid groups is 1. The Morgan fingerprint density at radius 1 is 1.14 bits per heavy atom. The number of nitrogen functional groups attached to an aromatic ring is 1. The first-order chi connectivity index (χ1) is 13.6. The number of hydrogen-bond donors (Lipinski definition) is 1. The number of aromatic nitrogens is 4. The molecule has 2 N–H and O–H groups in total. The minimum atomic E-state index is -3.69. The molecule has 0 saturated carbocycles. The maximum atomic E-state index is 12.8. The van der Waals surface area contributed by atoms with Crippen LogP contribution in [0.15, 0.2) is 43.0 Å². The molecule has 0 amide bonds. The lowest BCUT2D eigenvalue weighted by atomic mass is 10.0. The smallest absolute Gasteiger partial charge is 0.404 e. The lowest BCUT2D eigenvalue weighted by Gasteiger charge is -2.18. The Morgan fingerprint density at radius 3 is 2.82 bits per heavy atom. The van der Waals surface area contributed by atoms with Crippen LogP contribution in [0.2, 0.25) is 0 Å². The fourth-order valence-corrected chi connectivity index (χ4v) is 4.71. The zero-order valence-corrected chi connectivity index (χ0v) is 15.6. The third-order valence-corrected chi connectivity index (χ3v) is 6.23. The Morgan fingerprint density at radius 2 is 1.96 bits per heavy atom. The number of hydrogen-bond acceptors (Lipinski definition) is 9. The van der Waals surface area contributed by atoms with Gasteiger partial charge in [0, 0.05) is 12.3 Å². The second kappa shape index (κ2) is 6.82. The highest BCUT2D eigenvalue weighted by Crippen LogP contribution is 2.53. The van der Waals surface area contributed by atoms with Crippen molar-refractivity contribution in [1.29, 1.82) is 0 Å². The van der Waals surface area contributed by atoms with Gasteiger partial charge in [-0.25, -0.2) is 19.5 Å². The van der Waals surface area contributed by atoms with Gasteiger partial charge in [0.05, 0.1) is 25.6 Å². The summed E-state index contributed by atoms with van der Waals surface area (Å²) in [5.41, 5.74) is 6.99. The number of fused-ring (bicyclic) bond motifs is 2. The van der Waals surface area contributed by atoms with E-state index in [1.165, 1.54) is 6.33 Å². The molecule has 0 bridgehead atoms. The lowest BCUT2D eigenvalue weighted by molar-refractivity contribution is -0.0221. The Bertz CT molecular complexity index is 1020. The maximum absolute atomic E-state index is 12.8. The number of para-hydroxylation sites is 1. The summed E-state index contributed by atoms with van der Waals surface area (Å²) in [5, 5.41) is 0. The first-order valence-corrected chi connectivity index (χ1v) is 10.3. The fourth-order valence-electron chi connectivity index (χ4n) is 3.44. The first kappa shape index (κ1) is 17.6. The van der Waals surface area contributed by atoms with Crippen molar-refractivity contribution in [2.45, 2.75) is 18.8 Å². The number of ether oxygens (including phenoxy) is 1. The maximum Gasteiger partial charge on any atom is 0.530 e. The van der Waals surface area contributed by atoms with Crippen molar-refractivity contribution in [3.8, 4) is 5.75 Å². The summed E-state index contributed by atoms with van der Waals surface area (Å²) in [7, 11) is -3.69. The Balaban J connectivity index is 1.31. The number of rotatable bonds is 3. The van der Waals surface area contributed by atoms with Crippen molar-refractivity contribution < 1.29 is 22.9 Å². The summed E-state index contributed by atoms with van der Waals surface area (Å²) in [6.07, 6.45) is 3.09. The quantitative estimate of drug-likeness (QED) is 0.657. The third kappa shape index (κ3) is 3.14. The van der Waals surface area contributed by atoms with Gasteiger partial charge in [-0.05, 0) is 12.1 Å². The molecule has 11 heteroatoms. The highest BCUT2D eigenvalue weighted by Gasteiger charge is 2.44. The lowest BCUT2D eigenvalue weighted by Crippen LogP contribution is -2.21. The van der Waals surface area contributed by atoms with Gasteiger partial charge in [0.2, 0.25) is 0 Å². The van der Waals surface area contributed by atoms with Crippen LogP contribution in [0.25, 0.3) is 11.2 Å². The fraction of sp³-hybridized carbons (Fsp3) is 0.353. The Kier molecular flexibility index (Phi) is 4.28. The van der Waals surface area contributed by atoms with E-state index < -0.39 is 7.82 Å². The summed E-state index contributed by atoms with van der Waals surface area (Å²) in [4.78, 5) is 12.5. The van der Waals surface area contributed by atoms with Crippen LogP contribution >= 0.6 is 7.82 Å². The normalized spacial score (nSPS) is 30.1. The van der Waals surface area contributed by atoms with Crippen LogP contribution in [-0.2, 0) is 18.3 Å². The molecular weight excluding hydrogens is 385 g/mol. The third-order valence-electron chi connectivity index (χ3n) is 4.86. The minimum absolute atomic E-state index is 0.00293. The van der Waals surface area contributed by atoms with E-state index in [1.54, 1.807) is 30.6 Å². The van der Waals surface area contributed by atoms with Crippen LogP contribution in [-0.4, -0.2) is 38.8 Å². The summed E-state index contributed by atoms with van der Waals surface area (Å²) < 4.78 is 37.3. The highest BCUT2D eigenvalue weighted by molar-refractivity contribution is 7.48. The largest absolute Gasteiger partial charge is 0.530 e. The molecule has 2 aliphatic heterocycles. The zero-order chi connectivity index (χ0) is 19.1. The van der Waals surface area contributed by atoms with E-state index in [0.29, 0.717) is 29.2 Å². The second-order valence-electron chi connectivity index (χ2n) is 6.65. The van der Waals surface area contributed by atoms with Crippen LogP contribution < -0.4 is 10.3 Å². The van der Waals surface area contributed by atoms with Gasteiger partial charge < -0.3 is 15.0 Å². The van der Waals surface area contributed by atoms with Gasteiger partial charge in [-0.1, -0.05) is 18.2 Å². The summed E-state index contributed by atoms with van der Waals surface area (Å²) in [6.45, 7) is 0.310. The van der Waals surface area contributed by atoms with Crippen molar-refractivity contribution in [3.63, 3.8) is 0 Å². The molecule has 2 saturated heterocycles. The SMILES string of the molecule is Nc1ncnc2c1ncn2C1C[C@@H]2COP(=O)(Oc3ccccc3)OC[C@H]2O1. The molecule has 3 aromatic rings. The molecule has 2 fully saturated rings. The van der Waals surface area contributed by atoms with Crippen molar-refractivity contribution in [3.05, 3.63) is 43.0 Å². The van der Waals surface area contributed by atoms with Gasteiger partial charge in [-0.3, -0.25) is 13.6 Å². The molecular formula is C17H18N5O5P. The van der Waals surface area contributed by atoms with Crippen molar-refractivity contribution in [2.24, 2.45) is 5.92 Å². The predicted molar refractivity (Wildman–Crippen MR) is 98.3 cm³/mol. The predicted octanol–water partition coefficient (Wildman–Crippen LogP) is 2.55. The topological polar surface area (TPSA) is 124 Å². The van der Waals surface area contributed by atoms with E-state index in [2.05, 4.69) is 15.0 Å². The standard InChI is InChI=1S/C17H18N5O5P/c18-16-15-17(20-9-19-16)22(10-21-15)14-6-11-7-24-28(23,25-8-13(11)26-14)27-12-4-2-1-3-5-12/h1-5,9-11,13-14H,6-8H2,(H2,18,19,20)/t11-,13-,14?,28?/m1/s1. The average molecular weight is 403 g/mol. The average Bonchev–Trinajstić information content (AvgIpc) is 3.27. The summed E-state index contributed by atoms with van der Waals surface area (Å²) >= 11 is 0. The molecule has 4 heterocycles. The van der Waals surface area contributed by atoms with E-state index in [0.717, 1.165) is 0 Å². The molecule has 2 unspecified atom stereocenters. The first-order valence-electron chi connectivity index (χ1n) is 8.83. The number of anilines is 1. The van der Waals surface area contributed by atoms with Crippen LogP contribution in [0.4, 0.5) is 5.82 Å². The van der Waals surface area contributed by atoms with Crippen LogP contribution in [0.1, 0.15) is 12.6 Å². The Hall–Kier alpha value is -2.52. The molecule has 4 atom stereocenters. The van der Waals surface area contributed by atoms with E-state index in [-0.39, 0.29) is 31.5 Å². The summed E-state index contributed by atoms with van der Waals surface area (Å²) in [6, 6.07) is 8.81. The minimum Gasteiger partial charge on any atom is -0.404 e. The van der Waals surface area contributed by atoms with Gasteiger partial charge in [-0.2, -0.15) is 0 Å². The second-order valence-corrected chi connectivity index (χ2v) is 8.24. The van der Waals surface area contributed by atoms with Crippen molar-refractivity contribution >= 4 is 24.8 Å². The van der Waals surface area contributed by atoms with Gasteiger partial charge in [0.1, 0.15) is 23.8 Å². The van der Waals surface area contributed by atoms with Crippen LogP contribution in [0.5, 0.6) is 5.75 Å². The Labute approximate surface area is 160 Å². The van der Waals surface area contributed by atoms with E-state index in [1.807, 2.05) is 10.6 Å². The zero-order valence-electron chi connectivity index (χ0n) is 14.7. The molecule has 0 radical (unpaired) electrons. The molecule has 1 aromatic carbocycles. The van der Waals surface area contributed by atoms with Crippen molar-refractivity contribution in [1.82, 2.24) is 19.5 Å². The number of benzene rings is 1. The number of nitrogens with two attached hydrogens (primary N) is 1. The van der Waals surface area contributed by atoms with Crippen LogP contribution in [0, 0.1) is 5.92 Å². The highest BCUT2D eigenvalue weighted by atomic mass is 31.2. The van der Waals surface area contributed by atoms with Gasteiger partial charge in [-0.15, -0.1) is 0 Å². The van der Waals surface area contributed by atoms with Crippen molar-refractivity contribution in [2.75, 3.05) is 18.9 Å². The van der Waals surface area contributed by atoms with E-state index >= 15 is 0 Å². The number of phosphoric ester groups is 1. The molecule has 28 heavy (non-hydrogen) atoms. The van der Waals surface area contributed by atoms with E-state index in [9.17, 15) is 4.57 Å². The van der Waals surface area contributed by atoms with Gasteiger partial charge >= 0.3 is 7.82 Å².